The highest BCUT2D eigenvalue weighted by Gasteiger charge is 2.51. The summed E-state index contributed by atoms with van der Waals surface area (Å²) < 4.78 is 23.0. The average molecular weight is 262 g/mol. The SMILES string of the molecule is CCO[Si](CC1(CC)COC1)(OCC)OCC. The molecule has 0 aromatic rings. The first-order valence-electron chi connectivity index (χ1n) is 6.65. The van der Waals surface area contributed by atoms with Gasteiger partial charge in [-0.05, 0) is 27.2 Å². The molecule has 0 atom stereocenters. The van der Waals surface area contributed by atoms with Gasteiger partial charge in [-0.3, -0.25) is 0 Å². The summed E-state index contributed by atoms with van der Waals surface area (Å²) in [5, 5.41) is 0. The Balaban J connectivity index is 2.71. The molecule has 1 aliphatic heterocycles. The van der Waals surface area contributed by atoms with Crippen LogP contribution in [0.2, 0.25) is 6.04 Å². The third-order valence-corrected chi connectivity index (χ3v) is 6.62. The van der Waals surface area contributed by atoms with Crippen molar-refractivity contribution in [3.63, 3.8) is 0 Å². The third-order valence-electron chi connectivity index (χ3n) is 3.25. The standard InChI is InChI=1S/C12H26O4Si/c1-5-12(9-13-10-12)11-17(14-6-2,15-7-3)16-8-4/h5-11H2,1-4H3. The number of hydrogen-bond acceptors (Lipinski definition) is 4. The normalized spacial score (nSPS) is 19.1. The van der Waals surface area contributed by atoms with Gasteiger partial charge in [-0.15, -0.1) is 0 Å². The highest BCUT2D eigenvalue weighted by Crippen LogP contribution is 2.40. The Morgan fingerprint density at radius 3 is 1.65 bits per heavy atom. The van der Waals surface area contributed by atoms with E-state index < -0.39 is 8.80 Å². The van der Waals surface area contributed by atoms with Crippen molar-refractivity contribution < 1.29 is 18.0 Å². The summed E-state index contributed by atoms with van der Waals surface area (Å²) in [6, 6.07) is 0.881. The van der Waals surface area contributed by atoms with Gasteiger partial charge < -0.3 is 18.0 Å². The molecule has 0 spiro atoms. The minimum absolute atomic E-state index is 0.214. The van der Waals surface area contributed by atoms with Gasteiger partial charge in [0.2, 0.25) is 0 Å². The zero-order chi connectivity index (χ0) is 12.8. The van der Waals surface area contributed by atoms with E-state index in [-0.39, 0.29) is 5.41 Å². The Kier molecular flexibility index (Phi) is 6.09. The fourth-order valence-electron chi connectivity index (χ4n) is 2.22. The van der Waals surface area contributed by atoms with E-state index >= 15 is 0 Å². The topological polar surface area (TPSA) is 36.9 Å². The second-order valence-electron chi connectivity index (χ2n) is 4.51. The Labute approximate surface area is 106 Å². The van der Waals surface area contributed by atoms with Crippen LogP contribution in [-0.4, -0.2) is 41.8 Å². The van der Waals surface area contributed by atoms with Crippen molar-refractivity contribution >= 4 is 8.80 Å². The largest absolute Gasteiger partial charge is 0.501 e. The predicted octanol–water partition coefficient (Wildman–Crippen LogP) is 2.46. The van der Waals surface area contributed by atoms with Crippen molar-refractivity contribution in [1.82, 2.24) is 0 Å². The van der Waals surface area contributed by atoms with Gasteiger partial charge in [-0.2, -0.15) is 0 Å². The van der Waals surface area contributed by atoms with Crippen LogP contribution in [0.1, 0.15) is 34.1 Å². The lowest BCUT2D eigenvalue weighted by Crippen LogP contribution is -2.55. The van der Waals surface area contributed by atoms with Crippen LogP contribution in [0.4, 0.5) is 0 Å². The van der Waals surface area contributed by atoms with Crippen LogP contribution in [-0.2, 0) is 18.0 Å². The third kappa shape index (κ3) is 3.76. The molecule has 0 amide bonds. The molecule has 0 aromatic heterocycles. The first-order valence-corrected chi connectivity index (χ1v) is 8.58. The van der Waals surface area contributed by atoms with Crippen molar-refractivity contribution in [2.45, 2.75) is 40.2 Å². The van der Waals surface area contributed by atoms with Gasteiger partial charge in [-0.1, -0.05) is 6.92 Å². The van der Waals surface area contributed by atoms with Crippen LogP contribution >= 0.6 is 0 Å². The molecule has 0 N–H and O–H groups in total. The summed E-state index contributed by atoms with van der Waals surface area (Å²) in [6.45, 7) is 11.7. The van der Waals surface area contributed by atoms with Gasteiger partial charge in [0.05, 0.1) is 13.2 Å². The molecule has 0 saturated carbocycles. The summed E-state index contributed by atoms with van der Waals surface area (Å²) in [6.07, 6.45) is 1.09. The maximum absolute atomic E-state index is 5.88. The molecule has 17 heavy (non-hydrogen) atoms. The highest BCUT2D eigenvalue weighted by atomic mass is 28.4. The van der Waals surface area contributed by atoms with E-state index in [2.05, 4.69) is 6.92 Å². The molecule has 0 aromatic carbocycles. The zero-order valence-corrected chi connectivity index (χ0v) is 12.6. The van der Waals surface area contributed by atoms with E-state index in [0.29, 0.717) is 19.8 Å². The van der Waals surface area contributed by atoms with E-state index in [0.717, 1.165) is 25.7 Å². The number of ether oxygens (including phenoxy) is 1. The van der Waals surface area contributed by atoms with Crippen LogP contribution in [0.15, 0.2) is 0 Å². The van der Waals surface area contributed by atoms with E-state index in [4.69, 9.17) is 18.0 Å². The summed E-state index contributed by atoms with van der Waals surface area (Å²) in [4.78, 5) is 0. The molecule has 0 bridgehead atoms. The minimum Gasteiger partial charge on any atom is -0.380 e. The van der Waals surface area contributed by atoms with Crippen molar-refractivity contribution in [3.8, 4) is 0 Å². The fourth-order valence-corrected chi connectivity index (χ4v) is 5.47. The smallest absolute Gasteiger partial charge is 0.380 e. The van der Waals surface area contributed by atoms with Gasteiger partial charge >= 0.3 is 8.80 Å². The molecule has 1 fully saturated rings. The molecule has 1 aliphatic rings. The monoisotopic (exact) mass is 262 g/mol. The van der Waals surface area contributed by atoms with Crippen LogP contribution in [0.3, 0.4) is 0 Å². The van der Waals surface area contributed by atoms with Gasteiger partial charge in [0.25, 0.3) is 0 Å². The lowest BCUT2D eigenvalue weighted by molar-refractivity contribution is -0.112. The molecule has 5 heteroatoms. The number of rotatable bonds is 9. The van der Waals surface area contributed by atoms with E-state index in [1.54, 1.807) is 0 Å². The maximum atomic E-state index is 5.88. The van der Waals surface area contributed by atoms with Gasteiger partial charge in [0.1, 0.15) is 0 Å². The van der Waals surface area contributed by atoms with Crippen LogP contribution < -0.4 is 0 Å². The molecule has 0 unspecified atom stereocenters. The lowest BCUT2D eigenvalue weighted by atomic mass is 9.85. The zero-order valence-electron chi connectivity index (χ0n) is 11.6. The second-order valence-corrected chi connectivity index (χ2v) is 7.09. The highest BCUT2D eigenvalue weighted by molar-refractivity contribution is 6.60. The Bertz CT molecular complexity index is 196. The lowest BCUT2D eigenvalue weighted by Gasteiger charge is -2.44. The van der Waals surface area contributed by atoms with Crippen LogP contribution in [0.5, 0.6) is 0 Å². The van der Waals surface area contributed by atoms with Crippen molar-refractivity contribution in [2.75, 3.05) is 33.0 Å². The van der Waals surface area contributed by atoms with E-state index in [1.165, 1.54) is 0 Å². The minimum atomic E-state index is -2.50. The first-order chi connectivity index (χ1) is 8.16. The predicted molar refractivity (Wildman–Crippen MR) is 69.0 cm³/mol. The molecule has 0 aliphatic carbocycles. The Morgan fingerprint density at radius 2 is 1.41 bits per heavy atom. The molecule has 1 saturated heterocycles. The van der Waals surface area contributed by atoms with Crippen LogP contribution in [0, 0.1) is 5.41 Å². The van der Waals surface area contributed by atoms with E-state index in [1.807, 2.05) is 20.8 Å². The molecule has 4 nitrogen and oxygen atoms in total. The van der Waals surface area contributed by atoms with Gasteiger partial charge in [0, 0.05) is 31.3 Å². The summed E-state index contributed by atoms with van der Waals surface area (Å²) in [7, 11) is -2.50. The molecule has 102 valence electrons. The Hall–Kier alpha value is 0.0569. The second kappa shape index (κ2) is 6.85. The van der Waals surface area contributed by atoms with Gasteiger partial charge in [-0.25, -0.2) is 0 Å². The summed E-state index contributed by atoms with van der Waals surface area (Å²) >= 11 is 0. The quantitative estimate of drug-likeness (QED) is 0.598. The number of hydrogen-bond donors (Lipinski definition) is 0. The molecular formula is C12H26O4Si. The molecule has 1 heterocycles. The van der Waals surface area contributed by atoms with Gasteiger partial charge in [0.15, 0.2) is 0 Å². The van der Waals surface area contributed by atoms with Crippen molar-refractivity contribution in [3.05, 3.63) is 0 Å². The molecule has 0 radical (unpaired) electrons. The first kappa shape index (κ1) is 15.1. The van der Waals surface area contributed by atoms with Crippen molar-refractivity contribution in [1.29, 1.82) is 0 Å². The summed E-state index contributed by atoms with van der Waals surface area (Å²) in [5.74, 6) is 0. The van der Waals surface area contributed by atoms with E-state index in [9.17, 15) is 0 Å². The van der Waals surface area contributed by atoms with Crippen molar-refractivity contribution in [2.24, 2.45) is 5.41 Å². The molecular weight excluding hydrogens is 236 g/mol. The maximum Gasteiger partial charge on any atom is 0.501 e. The Morgan fingerprint density at radius 1 is 0.941 bits per heavy atom. The average Bonchev–Trinajstić information content (AvgIpc) is 2.25. The molecule has 1 rings (SSSR count). The summed E-state index contributed by atoms with van der Waals surface area (Å²) in [5.41, 5.74) is 0.214. The fraction of sp³-hybridized carbons (Fsp3) is 1.00. The van der Waals surface area contributed by atoms with Crippen LogP contribution in [0.25, 0.3) is 0 Å².